The van der Waals surface area contributed by atoms with E-state index in [1.807, 2.05) is 6.08 Å². The maximum Gasteiger partial charge on any atom is 0.257 e. The molecule has 0 rings (SSSR count). The van der Waals surface area contributed by atoms with Crippen LogP contribution in [0.15, 0.2) is 12.2 Å². The fourth-order valence-corrected chi connectivity index (χ4v) is 1.28. The maximum atomic E-state index is 10.9. The normalized spacial score (nSPS) is 15.4. The smallest absolute Gasteiger partial charge is 0.257 e. The summed E-state index contributed by atoms with van der Waals surface area (Å²) in [5, 5.41) is 0. The molecule has 1 amide bonds. The predicted octanol–water partition coefficient (Wildman–Crippen LogP) is 2.14. The Morgan fingerprint density at radius 1 is 1.50 bits per heavy atom. The molecule has 0 aromatic heterocycles. The van der Waals surface area contributed by atoms with E-state index >= 15 is 0 Å². The van der Waals surface area contributed by atoms with Gasteiger partial charge < -0.3 is 0 Å². The first-order chi connectivity index (χ1) is 6.58. The fourth-order valence-electron chi connectivity index (χ4n) is 1.28. The highest BCUT2D eigenvalue weighted by atomic mass is 16.2. The Morgan fingerprint density at radius 2 is 2.14 bits per heavy atom. The minimum absolute atomic E-state index is 0.128. The lowest BCUT2D eigenvalue weighted by molar-refractivity contribution is -0.116. The van der Waals surface area contributed by atoms with Crippen molar-refractivity contribution < 1.29 is 4.79 Å². The molecule has 0 heterocycles. The zero-order valence-electron chi connectivity index (χ0n) is 9.47. The molecule has 0 saturated carbocycles. The minimum atomic E-state index is -0.235. The molecule has 0 radical (unpaired) electrons. The van der Waals surface area contributed by atoms with E-state index in [0.717, 1.165) is 12.8 Å². The molecule has 1 unspecified atom stereocenters. The monoisotopic (exact) mass is 198 g/mol. The lowest BCUT2D eigenvalue weighted by atomic mass is 9.82. The molecule has 0 aromatic carbocycles. The van der Waals surface area contributed by atoms with Crippen molar-refractivity contribution in [2.45, 2.75) is 46.5 Å². The van der Waals surface area contributed by atoms with E-state index in [1.165, 1.54) is 18.9 Å². The summed E-state index contributed by atoms with van der Waals surface area (Å²) in [6.07, 6.45) is 8.03. The molecule has 3 heteroatoms. The van der Waals surface area contributed by atoms with Crippen molar-refractivity contribution in [1.29, 1.82) is 0 Å². The molecule has 0 fully saturated rings. The molecule has 1 atom stereocenters. The second-order valence-corrected chi connectivity index (χ2v) is 3.95. The van der Waals surface area contributed by atoms with Crippen LogP contribution in [0, 0.1) is 5.41 Å². The molecule has 3 N–H and O–H groups in total. The summed E-state index contributed by atoms with van der Waals surface area (Å²) in [6, 6.07) is 0. The molecular weight excluding hydrogens is 176 g/mol. The van der Waals surface area contributed by atoms with Gasteiger partial charge in [-0.25, -0.2) is 5.84 Å². The Labute approximate surface area is 86.7 Å². The summed E-state index contributed by atoms with van der Waals surface area (Å²) < 4.78 is 0. The van der Waals surface area contributed by atoms with E-state index < -0.39 is 0 Å². The summed E-state index contributed by atoms with van der Waals surface area (Å²) in [5.74, 6) is 4.76. The largest absolute Gasteiger partial charge is 0.291 e. The quantitative estimate of drug-likeness (QED) is 0.297. The van der Waals surface area contributed by atoms with Gasteiger partial charge in [-0.1, -0.05) is 39.7 Å². The van der Waals surface area contributed by atoms with Crippen molar-refractivity contribution in [3.05, 3.63) is 12.2 Å². The Kier molecular flexibility index (Phi) is 6.21. The Morgan fingerprint density at radius 3 is 2.57 bits per heavy atom. The van der Waals surface area contributed by atoms with E-state index in [4.69, 9.17) is 5.84 Å². The minimum Gasteiger partial charge on any atom is -0.291 e. The van der Waals surface area contributed by atoms with Gasteiger partial charge in [-0.3, -0.25) is 10.2 Å². The number of hydrazine groups is 1. The highest BCUT2D eigenvalue weighted by Gasteiger charge is 2.17. The molecule has 0 aliphatic carbocycles. The highest BCUT2D eigenvalue weighted by Crippen LogP contribution is 2.29. The number of nitrogens with two attached hydrogens (primary N) is 1. The highest BCUT2D eigenvalue weighted by molar-refractivity contribution is 5.86. The third-order valence-electron chi connectivity index (χ3n) is 2.69. The Hall–Kier alpha value is -0.830. The maximum absolute atomic E-state index is 10.9. The predicted molar refractivity (Wildman–Crippen MR) is 59.4 cm³/mol. The molecule has 14 heavy (non-hydrogen) atoms. The summed E-state index contributed by atoms with van der Waals surface area (Å²) in [4.78, 5) is 10.9. The van der Waals surface area contributed by atoms with Gasteiger partial charge in [0.1, 0.15) is 0 Å². The van der Waals surface area contributed by atoms with Gasteiger partial charge >= 0.3 is 0 Å². The summed E-state index contributed by atoms with van der Waals surface area (Å²) in [7, 11) is 0. The molecule has 0 bridgehead atoms. The Balaban J connectivity index is 4.23. The van der Waals surface area contributed by atoms with Gasteiger partial charge in [0, 0.05) is 6.08 Å². The van der Waals surface area contributed by atoms with Crippen LogP contribution in [0.4, 0.5) is 0 Å². The van der Waals surface area contributed by atoms with Crippen molar-refractivity contribution in [1.82, 2.24) is 5.43 Å². The van der Waals surface area contributed by atoms with Crippen molar-refractivity contribution >= 4 is 5.91 Å². The lowest BCUT2D eigenvalue weighted by Gasteiger charge is -2.23. The van der Waals surface area contributed by atoms with Crippen LogP contribution in [-0.2, 0) is 4.79 Å². The first-order valence-corrected chi connectivity index (χ1v) is 5.27. The number of nitrogens with one attached hydrogen (secondary N) is 1. The molecule has 0 saturated heterocycles. The average Bonchev–Trinajstić information content (AvgIpc) is 2.23. The summed E-state index contributed by atoms with van der Waals surface area (Å²) >= 11 is 0. The number of allylic oxidation sites excluding steroid dienone is 1. The van der Waals surface area contributed by atoms with E-state index in [2.05, 4.69) is 26.2 Å². The van der Waals surface area contributed by atoms with Gasteiger partial charge in [0.25, 0.3) is 5.91 Å². The van der Waals surface area contributed by atoms with Crippen LogP contribution in [0.3, 0.4) is 0 Å². The van der Waals surface area contributed by atoms with Crippen LogP contribution >= 0.6 is 0 Å². The average molecular weight is 198 g/mol. The molecule has 82 valence electrons. The molecule has 3 nitrogen and oxygen atoms in total. The zero-order chi connectivity index (χ0) is 11.0. The lowest BCUT2D eigenvalue weighted by Crippen LogP contribution is -2.28. The first-order valence-electron chi connectivity index (χ1n) is 5.27. The number of carbonyl (C=O) groups is 1. The van der Waals surface area contributed by atoms with Crippen LogP contribution in [0.5, 0.6) is 0 Å². The first kappa shape index (κ1) is 13.2. The van der Waals surface area contributed by atoms with Gasteiger partial charge in [-0.05, 0) is 18.3 Å². The van der Waals surface area contributed by atoms with Gasteiger partial charge in [0.2, 0.25) is 0 Å². The van der Waals surface area contributed by atoms with Crippen LogP contribution in [-0.4, -0.2) is 5.91 Å². The molecule has 0 aromatic rings. The topological polar surface area (TPSA) is 55.1 Å². The van der Waals surface area contributed by atoms with E-state index in [1.54, 1.807) is 0 Å². The van der Waals surface area contributed by atoms with E-state index in [0.29, 0.717) is 0 Å². The Bertz CT molecular complexity index is 201. The summed E-state index contributed by atoms with van der Waals surface area (Å²) in [6.45, 7) is 6.48. The van der Waals surface area contributed by atoms with Gasteiger partial charge in [0.15, 0.2) is 0 Å². The molecule has 0 aliphatic rings. The molecular formula is C11H22N2O. The second kappa shape index (κ2) is 6.60. The van der Waals surface area contributed by atoms with Gasteiger partial charge in [-0.2, -0.15) is 0 Å². The summed E-state index contributed by atoms with van der Waals surface area (Å²) in [5.41, 5.74) is 2.22. The number of amides is 1. The SMILES string of the molecule is CCCCC(C)(/C=C/C(=O)NN)CC. The third-order valence-corrected chi connectivity index (χ3v) is 2.69. The van der Waals surface area contributed by atoms with Crippen LogP contribution in [0.25, 0.3) is 0 Å². The number of rotatable bonds is 6. The number of hydrogen-bond acceptors (Lipinski definition) is 2. The number of hydrogen-bond donors (Lipinski definition) is 2. The molecule has 0 aliphatic heterocycles. The van der Waals surface area contributed by atoms with E-state index in [9.17, 15) is 4.79 Å². The standard InChI is InChI=1S/C11H22N2O/c1-4-6-8-11(3,5-2)9-7-10(14)13-12/h7,9H,4-6,8,12H2,1-3H3,(H,13,14)/b9-7+. The fraction of sp³-hybridized carbons (Fsp3) is 0.727. The van der Waals surface area contributed by atoms with Crippen LogP contribution in [0.2, 0.25) is 0 Å². The second-order valence-electron chi connectivity index (χ2n) is 3.95. The van der Waals surface area contributed by atoms with Crippen LogP contribution in [0.1, 0.15) is 46.5 Å². The zero-order valence-corrected chi connectivity index (χ0v) is 9.47. The van der Waals surface area contributed by atoms with Gasteiger partial charge in [0.05, 0.1) is 0 Å². The van der Waals surface area contributed by atoms with Crippen molar-refractivity contribution in [2.75, 3.05) is 0 Å². The van der Waals surface area contributed by atoms with Gasteiger partial charge in [-0.15, -0.1) is 0 Å². The van der Waals surface area contributed by atoms with Crippen molar-refractivity contribution in [3.8, 4) is 0 Å². The molecule has 0 spiro atoms. The van der Waals surface area contributed by atoms with Crippen molar-refractivity contribution in [3.63, 3.8) is 0 Å². The van der Waals surface area contributed by atoms with Crippen molar-refractivity contribution in [2.24, 2.45) is 11.3 Å². The third kappa shape index (κ3) is 5.02. The number of carbonyl (C=O) groups excluding carboxylic acids is 1. The van der Waals surface area contributed by atoms with E-state index in [-0.39, 0.29) is 11.3 Å². The number of unbranched alkanes of at least 4 members (excludes halogenated alkanes) is 1. The van der Waals surface area contributed by atoms with Crippen LogP contribution < -0.4 is 11.3 Å².